The third kappa shape index (κ3) is 2.87. The Kier molecular flexibility index (Phi) is 4.69. The van der Waals surface area contributed by atoms with Crippen LogP contribution in [0.3, 0.4) is 0 Å². The number of hydrogen-bond donors (Lipinski definition) is 2. The highest BCUT2D eigenvalue weighted by Gasteiger charge is 2.30. The molecule has 0 saturated heterocycles. The van der Waals surface area contributed by atoms with Gasteiger partial charge >= 0.3 is 0 Å². The lowest BCUT2D eigenvalue weighted by molar-refractivity contribution is 0.218. The van der Waals surface area contributed by atoms with Crippen LogP contribution in [0.2, 0.25) is 0 Å². The molecule has 1 saturated carbocycles. The molecule has 3 nitrogen and oxygen atoms in total. The average molecular weight is 264 g/mol. The maximum Gasteiger partial charge on any atom is 0.106 e. The highest BCUT2D eigenvalue weighted by molar-refractivity contribution is 5.34. The van der Waals surface area contributed by atoms with Gasteiger partial charge in [0.15, 0.2) is 0 Å². The fourth-order valence-electron chi connectivity index (χ4n) is 3.65. The maximum absolute atomic E-state index is 5.86. The van der Waals surface area contributed by atoms with Crippen LogP contribution >= 0.6 is 0 Å². The first-order valence-corrected chi connectivity index (χ1v) is 7.61. The van der Waals surface area contributed by atoms with Crippen molar-refractivity contribution in [1.82, 2.24) is 5.43 Å². The van der Waals surface area contributed by atoms with Gasteiger partial charge in [-0.1, -0.05) is 26.2 Å². The molecule has 1 aliphatic carbocycles. The number of aryl methyl sites for hydroxylation is 2. The van der Waals surface area contributed by atoms with Crippen LogP contribution in [0.25, 0.3) is 0 Å². The molecule has 3 N–H and O–H groups in total. The summed E-state index contributed by atoms with van der Waals surface area (Å²) in [5.41, 5.74) is 5.61. The van der Waals surface area contributed by atoms with E-state index in [0.717, 1.165) is 17.4 Å². The third-order valence-electron chi connectivity index (χ3n) is 5.05. The highest BCUT2D eigenvalue weighted by Crippen LogP contribution is 2.40. The van der Waals surface area contributed by atoms with E-state index in [1.54, 1.807) is 0 Å². The fraction of sp³-hybridized carbons (Fsp3) is 0.750. The van der Waals surface area contributed by atoms with Crippen LogP contribution in [0.4, 0.5) is 0 Å². The van der Waals surface area contributed by atoms with Gasteiger partial charge in [-0.15, -0.1) is 0 Å². The van der Waals surface area contributed by atoms with Crippen molar-refractivity contribution < 1.29 is 4.42 Å². The summed E-state index contributed by atoms with van der Waals surface area (Å²) in [4.78, 5) is 0. The second-order valence-electron chi connectivity index (χ2n) is 6.09. The number of furan rings is 1. The molecule has 1 aromatic heterocycles. The predicted molar refractivity (Wildman–Crippen MR) is 78.7 cm³/mol. The molecule has 1 unspecified atom stereocenters. The molecule has 1 fully saturated rings. The van der Waals surface area contributed by atoms with Crippen molar-refractivity contribution in [2.24, 2.45) is 17.7 Å². The molecule has 0 bridgehead atoms. The Balaban J connectivity index is 2.16. The molecule has 0 aromatic carbocycles. The van der Waals surface area contributed by atoms with Gasteiger partial charge in [0.2, 0.25) is 0 Å². The molecule has 3 heteroatoms. The number of rotatable bonds is 4. The summed E-state index contributed by atoms with van der Waals surface area (Å²) < 4.78 is 5.77. The van der Waals surface area contributed by atoms with Crippen molar-refractivity contribution in [2.45, 2.75) is 65.8 Å². The van der Waals surface area contributed by atoms with E-state index in [1.807, 2.05) is 6.92 Å². The summed E-state index contributed by atoms with van der Waals surface area (Å²) in [7, 11) is 0. The molecule has 0 radical (unpaired) electrons. The van der Waals surface area contributed by atoms with E-state index in [1.165, 1.54) is 43.2 Å². The van der Waals surface area contributed by atoms with Gasteiger partial charge in [0.1, 0.15) is 11.5 Å². The van der Waals surface area contributed by atoms with Crippen molar-refractivity contribution in [3.8, 4) is 0 Å². The summed E-state index contributed by atoms with van der Waals surface area (Å²) in [6.07, 6.45) is 6.55. The lowest BCUT2D eigenvalue weighted by atomic mass is 9.75. The second kappa shape index (κ2) is 6.10. The summed E-state index contributed by atoms with van der Waals surface area (Å²) in [6.45, 7) is 8.53. The van der Waals surface area contributed by atoms with Crippen LogP contribution in [0.15, 0.2) is 4.42 Å². The Morgan fingerprint density at radius 2 is 1.79 bits per heavy atom. The van der Waals surface area contributed by atoms with E-state index < -0.39 is 0 Å². The summed E-state index contributed by atoms with van der Waals surface area (Å²) in [5.74, 6) is 9.47. The van der Waals surface area contributed by atoms with Gasteiger partial charge < -0.3 is 4.42 Å². The van der Waals surface area contributed by atoms with Gasteiger partial charge in [-0.25, -0.2) is 0 Å². The quantitative estimate of drug-likeness (QED) is 0.640. The summed E-state index contributed by atoms with van der Waals surface area (Å²) in [5, 5.41) is 0. The van der Waals surface area contributed by atoms with E-state index >= 15 is 0 Å². The Labute approximate surface area is 116 Å². The van der Waals surface area contributed by atoms with Crippen LogP contribution in [-0.2, 0) is 0 Å². The van der Waals surface area contributed by atoms with Crippen LogP contribution in [0.5, 0.6) is 0 Å². The molecule has 0 aliphatic heterocycles. The lowest BCUT2D eigenvalue weighted by Crippen LogP contribution is -2.36. The Bertz CT molecular complexity index is 417. The summed E-state index contributed by atoms with van der Waals surface area (Å²) in [6, 6.07) is 0.246. The van der Waals surface area contributed by atoms with Crippen LogP contribution in [0.1, 0.15) is 67.7 Å². The molecule has 1 aromatic rings. The average Bonchev–Trinajstić information content (AvgIpc) is 2.67. The summed E-state index contributed by atoms with van der Waals surface area (Å²) >= 11 is 0. The zero-order chi connectivity index (χ0) is 14.0. The lowest BCUT2D eigenvalue weighted by Gasteiger charge is -2.33. The molecular weight excluding hydrogens is 236 g/mol. The molecule has 2 rings (SSSR count). The molecule has 1 atom stereocenters. The van der Waals surface area contributed by atoms with E-state index in [0.29, 0.717) is 5.92 Å². The van der Waals surface area contributed by atoms with Gasteiger partial charge in [0, 0.05) is 5.56 Å². The van der Waals surface area contributed by atoms with Crippen molar-refractivity contribution in [1.29, 1.82) is 0 Å². The Morgan fingerprint density at radius 3 is 2.21 bits per heavy atom. The minimum absolute atomic E-state index is 0.246. The molecular formula is C16H28N2O. The number of hydrazine groups is 1. The fourth-order valence-corrected chi connectivity index (χ4v) is 3.65. The van der Waals surface area contributed by atoms with Gasteiger partial charge in [-0.05, 0) is 51.0 Å². The van der Waals surface area contributed by atoms with Crippen molar-refractivity contribution >= 4 is 0 Å². The number of hydrogen-bond acceptors (Lipinski definition) is 3. The zero-order valence-corrected chi connectivity index (χ0v) is 12.8. The predicted octanol–water partition coefficient (Wildman–Crippen LogP) is 3.93. The largest absolute Gasteiger partial charge is 0.466 e. The molecule has 1 aliphatic rings. The normalized spacial score (nSPS) is 25.5. The van der Waals surface area contributed by atoms with Crippen LogP contribution < -0.4 is 11.3 Å². The molecule has 0 spiro atoms. The van der Waals surface area contributed by atoms with Gasteiger partial charge in [0.05, 0.1) is 6.04 Å². The number of nitrogens with two attached hydrogens (primary N) is 1. The molecule has 108 valence electrons. The second-order valence-corrected chi connectivity index (χ2v) is 6.09. The van der Waals surface area contributed by atoms with Crippen LogP contribution in [-0.4, -0.2) is 0 Å². The first-order chi connectivity index (χ1) is 9.08. The minimum atomic E-state index is 0.246. The Morgan fingerprint density at radius 1 is 1.16 bits per heavy atom. The van der Waals surface area contributed by atoms with Crippen molar-refractivity contribution in [2.75, 3.05) is 0 Å². The first kappa shape index (κ1) is 14.6. The SMILES string of the molecule is CCC1CCC(C(NN)c2c(C)oc(C)c2C)CC1. The number of nitrogens with one attached hydrogen (secondary N) is 1. The molecule has 0 amide bonds. The maximum atomic E-state index is 5.86. The third-order valence-corrected chi connectivity index (χ3v) is 5.05. The standard InChI is InChI=1S/C16H28N2O/c1-5-13-6-8-14(9-7-13)16(18-17)15-10(2)11(3)19-12(15)4/h13-14,16,18H,5-9,17H2,1-4H3. The van der Waals surface area contributed by atoms with E-state index in [4.69, 9.17) is 10.3 Å². The van der Waals surface area contributed by atoms with E-state index in [-0.39, 0.29) is 6.04 Å². The zero-order valence-electron chi connectivity index (χ0n) is 12.8. The smallest absolute Gasteiger partial charge is 0.106 e. The van der Waals surface area contributed by atoms with E-state index in [9.17, 15) is 0 Å². The van der Waals surface area contributed by atoms with Crippen molar-refractivity contribution in [3.63, 3.8) is 0 Å². The van der Waals surface area contributed by atoms with Gasteiger partial charge in [-0.3, -0.25) is 11.3 Å². The first-order valence-electron chi connectivity index (χ1n) is 7.61. The van der Waals surface area contributed by atoms with Crippen LogP contribution in [0, 0.1) is 32.6 Å². The van der Waals surface area contributed by atoms with Crippen molar-refractivity contribution in [3.05, 3.63) is 22.6 Å². The monoisotopic (exact) mass is 264 g/mol. The Hall–Kier alpha value is -0.800. The molecule has 1 heterocycles. The highest BCUT2D eigenvalue weighted by atomic mass is 16.3. The minimum Gasteiger partial charge on any atom is -0.466 e. The topological polar surface area (TPSA) is 51.2 Å². The van der Waals surface area contributed by atoms with Gasteiger partial charge in [-0.2, -0.15) is 0 Å². The molecule has 19 heavy (non-hydrogen) atoms. The van der Waals surface area contributed by atoms with Gasteiger partial charge in [0.25, 0.3) is 0 Å². The van der Waals surface area contributed by atoms with E-state index in [2.05, 4.69) is 26.2 Å².